The van der Waals surface area contributed by atoms with Crippen LogP contribution >= 0.6 is 0 Å². The topological polar surface area (TPSA) is 73.2 Å². The summed E-state index contributed by atoms with van der Waals surface area (Å²) in [7, 11) is 0. The van der Waals surface area contributed by atoms with Gasteiger partial charge < -0.3 is 10.1 Å². The SMILES string of the molecule is Cc1nn(-c2ccccc2)c(C)c1CC(=O)OCC(=O)NC(C)c1ccccc1. The molecular weight excluding hydrogens is 366 g/mol. The highest BCUT2D eigenvalue weighted by Crippen LogP contribution is 2.18. The fourth-order valence-corrected chi connectivity index (χ4v) is 3.20. The Morgan fingerprint density at radius 3 is 2.31 bits per heavy atom. The summed E-state index contributed by atoms with van der Waals surface area (Å²) in [6.45, 7) is 5.37. The largest absolute Gasteiger partial charge is 0.455 e. The molecule has 0 saturated carbocycles. The maximum Gasteiger partial charge on any atom is 0.310 e. The number of aryl methyl sites for hydroxylation is 1. The molecule has 1 aromatic heterocycles. The van der Waals surface area contributed by atoms with Crippen molar-refractivity contribution in [2.24, 2.45) is 0 Å². The third kappa shape index (κ3) is 5.10. The molecule has 0 aliphatic heterocycles. The quantitative estimate of drug-likeness (QED) is 0.626. The first-order chi connectivity index (χ1) is 14.0. The van der Waals surface area contributed by atoms with E-state index in [1.807, 2.05) is 86.1 Å². The van der Waals surface area contributed by atoms with E-state index in [1.54, 1.807) is 0 Å². The summed E-state index contributed by atoms with van der Waals surface area (Å²) in [5, 5.41) is 7.36. The molecule has 0 saturated heterocycles. The predicted octanol–water partition coefficient (Wildman–Crippen LogP) is 3.45. The Kier molecular flexibility index (Phi) is 6.44. The highest BCUT2D eigenvalue weighted by atomic mass is 16.5. The summed E-state index contributed by atoms with van der Waals surface area (Å²) in [5.41, 5.74) is 4.39. The van der Waals surface area contributed by atoms with Crippen molar-refractivity contribution < 1.29 is 14.3 Å². The van der Waals surface area contributed by atoms with E-state index in [0.29, 0.717) is 0 Å². The summed E-state index contributed by atoms with van der Waals surface area (Å²) in [4.78, 5) is 24.4. The van der Waals surface area contributed by atoms with Gasteiger partial charge in [-0.3, -0.25) is 9.59 Å². The maximum absolute atomic E-state index is 12.3. The van der Waals surface area contributed by atoms with E-state index in [0.717, 1.165) is 28.2 Å². The van der Waals surface area contributed by atoms with Gasteiger partial charge in [-0.25, -0.2) is 4.68 Å². The van der Waals surface area contributed by atoms with Gasteiger partial charge in [0.2, 0.25) is 0 Å². The summed E-state index contributed by atoms with van der Waals surface area (Å²) in [6, 6.07) is 19.2. The molecule has 1 amide bonds. The molecule has 6 nitrogen and oxygen atoms in total. The van der Waals surface area contributed by atoms with Crippen molar-refractivity contribution in [1.82, 2.24) is 15.1 Å². The normalized spacial score (nSPS) is 11.7. The lowest BCUT2D eigenvalue weighted by molar-refractivity contribution is -0.148. The van der Waals surface area contributed by atoms with Gasteiger partial charge in [-0.2, -0.15) is 5.10 Å². The highest BCUT2D eigenvalue weighted by Gasteiger charge is 2.18. The molecule has 1 N–H and O–H groups in total. The zero-order chi connectivity index (χ0) is 20.8. The number of carbonyl (C=O) groups is 2. The molecule has 2 aromatic carbocycles. The van der Waals surface area contributed by atoms with Crippen LogP contribution < -0.4 is 5.32 Å². The monoisotopic (exact) mass is 391 g/mol. The molecule has 3 aromatic rings. The smallest absolute Gasteiger partial charge is 0.310 e. The van der Waals surface area contributed by atoms with E-state index in [1.165, 1.54) is 0 Å². The lowest BCUT2D eigenvalue weighted by Crippen LogP contribution is -2.31. The molecule has 0 aliphatic rings. The van der Waals surface area contributed by atoms with Gasteiger partial charge in [-0.1, -0.05) is 48.5 Å². The minimum absolute atomic E-state index is 0.0754. The fraction of sp³-hybridized carbons (Fsp3) is 0.261. The molecule has 0 bridgehead atoms. The van der Waals surface area contributed by atoms with E-state index >= 15 is 0 Å². The Morgan fingerprint density at radius 2 is 1.66 bits per heavy atom. The standard InChI is InChI=1S/C23H25N3O3/c1-16(19-10-6-4-7-11-19)24-22(27)15-29-23(28)14-21-17(2)25-26(18(21)3)20-12-8-5-9-13-20/h4-13,16H,14-15H2,1-3H3,(H,24,27). The number of aromatic nitrogens is 2. The number of carbonyl (C=O) groups excluding carboxylic acids is 2. The van der Waals surface area contributed by atoms with E-state index in [2.05, 4.69) is 10.4 Å². The van der Waals surface area contributed by atoms with Crippen LogP contribution in [0, 0.1) is 13.8 Å². The van der Waals surface area contributed by atoms with Crippen LogP contribution in [0.5, 0.6) is 0 Å². The third-order valence-corrected chi connectivity index (χ3v) is 4.80. The number of nitrogens with zero attached hydrogens (tertiary/aromatic N) is 2. The lowest BCUT2D eigenvalue weighted by Gasteiger charge is -2.14. The van der Waals surface area contributed by atoms with E-state index in [4.69, 9.17) is 4.74 Å². The van der Waals surface area contributed by atoms with E-state index in [9.17, 15) is 9.59 Å². The number of hydrogen-bond donors (Lipinski definition) is 1. The molecule has 0 fully saturated rings. The summed E-state index contributed by atoms with van der Waals surface area (Å²) in [5.74, 6) is -0.783. The highest BCUT2D eigenvalue weighted by molar-refractivity contribution is 5.81. The van der Waals surface area contributed by atoms with Crippen molar-refractivity contribution in [3.8, 4) is 5.69 Å². The zero-order valence-electron chi connectivity index (χ0n) is 16.9. The number of benzene rings is 2. The minimum Gasteiger partial charge on any atom is -0.455 e. The van der Waals surface area contributed by atoms with Crippen LogP contribution in [-0.4, -0.2) is 28.3 Å². The van der Waals surface area contributed by atoms with Gasteiger partial charge in [0, 0.05) is 11.3 Å². The van der Waals surface area contributed by atoms with Crippen LogP contribution in [-0.2, 0) is 20.7 Å². The van der Waals surface area contributed by atoms with Crippen molar-refractivity contribution >= 4 is 11.9 Å². The van der Waals surface area contributed by atoms with Crippen LogP contribution in [0.25, 0.3) is 5.69 Å². The van der Waals surface area contributed by atoms with E-state index in [-0.39, 0.29) is 25.0 Å². The molecule has 29 heavy (non-hydrogen) atoms. The third-order valence-electron chi connectivity index (χ3n) is 4.80. The van der Waals surface area contributed by atoms with Gasteiger partial charge in [0.05, 0.1) is 23.8 Å². The van der Waals surface area contributed by atoms with Crippen molar-refractivity contribution in [3.05, 3.63) is 83.2 Å². The Hall–Kier alpha value is -3.41. The van der Waals surface area contributed by atoms with Crippen molar-refractivity contribution in [2.45, 2.75) is 33.2 Å². The first-order valence-electron chi connectivity index (χ1n) is 9.56. The Labute approximate surface area is 170 Å². The first kappa shape index (κ1) is 20.3. The second-order valence-corrected chi connectivity index (χ2v) is 6.93. The molecular formula is C23H25N3O3. The predicted molar refractivity (Wildman–Crippen MR) is 111 cm³/mol. The number of nitrogens with one attached hydrogen (secondary N) is 1. The number of ether oxygens (including phenoxy) is 1. The number of rotatable bonds is 7. The van der Waals surface area contributed by atoms with Crippen LogP contribution in [0.1, 0.15) is 35.5 Å². The molecule has 6 heteroatoms. The molecule has 1 heterocycles. The number of amides is 1. The second kappa shape index (κ2) is 9.19. The average Bonchev–Trinajstić information content (AvgIpc) is 3.02. The number of hydrogen-bond acceptors (Lipinski definition) is 4. The van der Waals surface area contributed by atoms with Crippen molar-refractivity contribution in [2.75, 3.05) is 6.61 Å². The van der Waals surface area contributed by atoms with Gasteiger partial charge in [0.1, 0.15) is 0 Å². The van der Waals surface area contributed by atoms with Gasteiger partial charge >= 0.3 is 5.97 Å². The number of para-hydroxylation sites is 1. The van der Waals surface area contributed by atoms with Crippen LogP contribution in [0.4, 0.5) is 0 Å². The molecule has 1 unspecified atom stereocenters. The maximum atomic E-state index is 12.3. The van der Waals surface area contributed by atoms with Crippen LogP contribution in [0.15, 0.2) is 60.7 Å². The summed E-state index contributed by atoms with van der Waals surface area (Å²) in [6.07, 6.45) is 0.0754. The molecule has 0 radical (unpaired) electrons. The number of esters is 1. The summed E-state index contributed by atoms with van der Waals surface area (Å²) < 4.78 is 6.99. The Morgan fingerprint density at radius 1 is 1.03 bits per heavy atom. The summed E-state index contributed by atoms with van der Waals surface area (Å²) >= 11 is 0. The van der Waals surface area contributed by atoms with Gasteiger partial charge in [-0.15, -0.1) is 0 Å². The molecule has 150 valence electrons. The van der Waals surface area contributed by atoms with Crippen LogP contribution in [0.2, 0.25) is 0 Å². The van der Waals surface area contributed by atoms with Gasteiger partial charge in [-0.05, 0) is 38.5 Å². The Balaban J connectivity index is 1.56. The first-order valence-corrected chi connectivity index (χ1v) is 9.56. The zero-order valence-corrected chi connectivity index (χ0v) is 16.9. The van der Waals surface area contributed by atoms with Crippen molar-refractivity contribution in [3.63, 3.8) is 0 Å². The minimum atomic E-state index is -0.452. The van der Waals surface area contributed by atoms with E-state index < -0.39 is 5.97 Å². The average molecular weight is 391 g/mol. The van der Waals surface area contributed by atoms with Gasteiger partial charge in [0.25, 0.3) is 5.91 Å². The van der Waals surface area contributed by atoms with Gasteiger partial charge in [0.15, 0.2) is 6.61 Å². The molecule has 3 rings (SSSR count). The Bertz CT molecular complexity index is 981. The molecule has 1 atom stereocenters. The molecule has 0 aliphatic carbocycles. The fourth-order valence-electron chi connectivity index (χ4n) is 3.20. The molecule has 0 spiro atoms. The van der Waals surface area contributed by atoms with Crippen molar-refractivity contribution in [1.29, 1.82) is 0 Å². The lowest BCUT2D eigenvalue weighted by atomic mass is 10.1. The second-order valence-electron chi connectivity index (χ2n) is 6.93. The van der Waals surface area contributed by atoms with Crippen LogP contribution in [0.3, 0.4) is 0 Å².